The van der Waals surface area contributed by atoms with Gasteiger partial charge in [-0.3, -0.25) is 0 Å². The molecule has 0 spiro atoms. The van der Waals surface area contributed by atoms with Crippen LogP contribution in [0.4, 0.5) is 5.69 Å². The molecule has 1 aromatic rings. The number of ether oxygens (including phenoxy) is 2. The molecule has 0 amide bonds. The van der Waals surface area contributed by atoms with Crippen LogP contribution in [-0.2, 0) is 9.53 Å². The Morgan fingerprint density at radius 2 is 2.00 bits per heavy atom. The van der Waals surface area contributed by atoms with Crippen LogP contribution in [0.5, 0.6) is 5.75 Å². The summed E-state index contributed by atoms with van der Waals surface area (Å²) in [6, 6.07) is 5.51. The first-order valence-corrected chi connectivity index (χ1v) is 5.90. The number of methoxy groups -OCH3 is 2. The smallest absolute Gasteiger partial charge is 0.330 e. The summed E-state index contributed by atoms with van der Waals surface area (Å²) >= 11 is 3.39. The highest BCUT2D eigenvalue weighted by Gasteiger charge is 2.28. The number of carbonyl (C=O) groups is 1. The number of carbonyl (C=O) groups excluding carboxylic acids is 1. The number of hydrogen-bond donors (Lipinski definition) is 1. The second-order valence-corrected chi connectivity index (χ2v) is 4.95. The number of hydrogen-bond acceptors (Lipinski definition) is 4. The standard InChI is InChI=1S/C12H16BrNO3/c1-12(2,11(15)17-4)14-8-5-6-10(16-3)9(13)7-8/h5-7,14H,1-4H3. The van der Waals surface area contributed by atoms with Gasteiger partial charge in [-0.2, -0.15) is 0 Å². The maximum atomic E-state index is 11.5. The molecule has 94 valence electrons. The molecule has 0 atom stereocenters. The molecule has 0 saturated heterocycles. The summed E-state index contributed by atoms with van der Waals surface area (Å²) in [7, 11) is 2.97. The fraction of sp³-hybridized carbons (Fsp3) is 0.417. The lowest BCUT2D eigenvalue weighted by molar-refractivity contribution is -0.144. The van der Waals surface area contributed by atoms with E-state index in [1.807, 2.05) is 18.2 Å². The minimum absolute atomic E-state index is 0.315. The van der Waals surface area contributed by atoms with Gasteiger partial charge in [-0.25, -0.2) is 4.79 Å². The molecular formula is C12H16BrNO3. The van der Waals surface area contributed by atoms with Gasteiger partial charge in [-0.15, -0.1) is 0 Å². The number of nitrogens with one attached hydrogen (secondary N) is 1. The number of anilines is 1. The summed E-state index contributed by atoms with van der Waals surface area (Å²) in [5.74, 6) is 0.427. The molecular weight excluding hydrogens is 286 g/mol. The molecule has 0 aliphatic rings. The first-order chi connectivity index (χ1) is 7.90. The van der Waals surface area contributed by atoms with Gasteiger partial charge in [-0.05, 0) is 48.0 Å². The Kier molecular flexibility index (Phi) is 4.40. The Labute approximate surface area is 109 Å². The molecule has 4 nitrogen and oxygen atoms in total. The SMILES string of the molecule is COC(=O)C(C)(C)Nc1ccc(OC)c(Br)c1. The Morgan fingerprint density at radius 1 is 1.35 bits per heavy atom. The van der Waals surface area contributed by atoms with Crippen LogP contribution in [-0.4, -0.2) is 25.7 Å². The highest BCUT2D eigenvalue weighted by atomic mass is 79.9. The summed E-state index contributed by atoms with van der Waals surface area (Å²) in [6.45, 7) is 3.52. The lowest BCUT2D eigenvalue weighted by atomic mass is 10.1. The number of rotatable bonds is 4. The molecule has 0 heterocycles. The molecule has 0 aliphatic heterocycles. The van der Waals surface area contributed by atoms with Crippen molar-refractivity contribution >= 4 is 27.6 Å². The minimum atomic E-state index is -0.775. The average Bonchev–Trinajstić information content (AvgIpc) is 2.27. The van der Waals surface area contributed by atoms with Gasteiger partial charge in [0.25, 0.3) is 0 Å². The molecule has 0 saturated carbocycles. The second kappa shape index (κ2) is 5.40. The Hall–Kier alpha value is -1.23. The first kappa shape index (κ1) is 13.8. The van der Waals surface area contributed by atoms with Gasteiger partial charge in [0.2, 0.25) is 0 Å². The molecule has 1 N–H and O–H groups in total. The molecule has 0 unspecified atom stereocenters. The average molecular weight is 302 g/mol. The zero-order valence-electron chi connectivity index (χ0n) is 10.3. The summed E-state index contributed by atoms with van der Waals surface area (Å²) in [6.07, 6.45) is 0. The lowest BCUT2D eigenvalue weighted by Gasteiger charge is -2.24. The van der Waals surface area contributed by atoms with Gasteiger partial charge in [-0.1, -0.05) is 0 Å². The Bertz CT molecular complexity index is 418. The minimum Gasteiger partial charge on any atom is -0.496 e. The zero-order valence-corrected chi connectivity index (χ0v) is 11.9. The van der Waals surface area contributed by atoms with E-state index in [0.717, 1.165) is 15.9 Å². The summed E-state index contributed by atoms with van der Waals surface area (Å²) in [5.41, 5.74) is 0.0380. The van der Waals surface area contributed by atoms with E-state index < -0.39 is 5.54 Å². The molecule has 5 heteroatoms. The summed E-state index contributed by atoms with van der Waals surface area (Å²) in [5, 5.41) is 3.10. The van der Waals surface area contributed by atoms with E-state index >= 15 is 0 Å². The van der Waals surface area contributed by atoms with Gasteiger partial charge >= 0.3 is 5.97 Å². The molecule has 0 bridgehead atoms. The Morgan fingerprint density at radius 3 is 2.47 bits per heavy atom. The molecule has 0 aliphatic carbocycles. The van der Waals surface area contributed by atoms with Crippen molar-refractivity contribution in [2.45, 2.75) is 19.4 Å². The summed E-state index contributed by atoms with van der Waals surface area (Å²) < 4.78 is 10.7. The van der Waals surface area contributed by atoms with Crippen molar-refractivity contribution in [3.8, 4) is 5.75 Å². The van der Waals surface area contributed by atoms with Crippen LogP contribution in [0.25, 0.3) is 0 Å². The van der Waals surface area contributed by atoms with Gasteiger partial charge < -0.3 is 14.8 Å². The van der Waals surface area contributed by atoms with Crippen molar-refractivity contribution in [2.75, 3.05) is 19.5 Å². The van der Waals surface area contributed by atoms with Crippen LogP contribution >= 0.6 is 15.9 Å². The van der Waals surface area contributed by atoms with Crippen molar-refractivity contribution in [2.24, 2.45) is 0 Å². The van der Waals surface area contributed by atoms with Gasteiger partial charge in [0, 0.05) is 5.69 Å². The van der Waals surface area contributed by atoms with Gasteiger partial charge in [0.15, 0.2) is 0 Å². The highest BCUT2D eigenvalue weighted by Crippen LogP contribution is 2.29. The van der Waals surface area contributed by atoms with Crippen LogP contribution in [0.3, 0.4) is 0 Å². The van der Waals surface area contributed by atoms with Crippen molar-refractivity contribution in [3.05, 3.63) is 22.7 Å². The first-order valence-electron chi connectivity index (χ1n) is 5.11. The summed E-state index contributed by atoms with van der Waals surface area (Å²) in [4.78, 5) is 11.5. The predicted octanol–water partition coefficient (Wildman–Crippen LogP) is 2.82. The van der Waals surface area contributed by atoms with E-state index in [1.54, 1.807) is 21.0 Å². The molecule has 1 rings (SSSR count). The second-order valence-electron chi connectivity index (χ2n) is 4.09. The Balaban J connectivity index is 2.89. The molecule has 17 heavy (non-hydrogen) atoms. The molecule has 0 aromatic heterocycles. The fourth-order valence-electron chi connectivity index (χ4n) is 1.41. The quantitative estimate of drug-likeness (QED) is 0.869. The van der Waals surface area contributed by atoms with Crippen LogP contribution in [0.2, 0.25) is 0 Å². The third-order valence-corrected chi connectivity index (χ3v) is 2.92. The maximum Gasteiger partial charge on any atom is 0.330 e. The molecule has 0 radical (unpaired) electrons. The van der Waals surface area contributed by atoms with Crippen molar-refractivity contribution in [1.82, 2.24) is 0 Å². The largest absolute Gasteiger partial charge is 0.496 e. The van der Waals surface area contributed by atoms with E-state index in [-0.39, 0.29) is 5.97 Å². The van der Waals surface area contributed by atoms with Crippen molar-refractivity contribution in [3.63, 3.8) is 0 Å². The van der Waals surface area contributed by atoms with Gasteiger partial charge in [0.05, 0.1) is 18.7 Å². The van der Waals surface area contributed by atoms with E-state index in [9.17, 15) is 4.79 Å². The lowest BCUT2D eigenvalue weighted by Crippen LogP contribution is -2.41. The zero-order chi connectivity index (χ0) is 13.1. The van der Waals surface area contributed by atoms with Crippen molar-refractivity contribution in [1.29, 1.82) is 0 Å². The van der Waals surface area contributed by atoms with Crippen LogP contribution in [0.1, 0.15) is 13.8 Å². The van der Waals surface area contributed by atoms with Crippen LogP contribution < -0.4 is 10.1 Å². The third-order valence-electron chi connectivity index (χ3n) is 2.30. The van der Waals surface area contributed by atoms with Crippen LogP contribution in [0.15, 0.2) is 22.7 Å². The van der Waals surface area contributed by atoms with E-state index in [0.29, 0.717) is 0 Å². The highest BCUT2D eigenvalue weighted by molar-refractivity contribution is 9.10. The third kappa shape index (κ3) is 3.36. The van der Waals surface area contributed by atoms with E-state index in [4.69, 9.17) is 9.47 Å². The number of esters is 1. The van der Waals surface area contributed by atoms with E-state index in [1.165, 1.54) is 7.11 Å². The van der Waals surface area contributed by atoms with Crippen LogP contribution in [0, 0.1) is 0 Å². The molecule has 1 aromatic carbocycles. The normalized spacial score (nSPS) is 10.9. The van der Waals surface area contributed by atoms with Crippen molar-refractivity contribution < 1.29 is 14.3 Å². The topological polar surface area (TPSA) is 47.6 Å². The van der Waals surface area contributed by atoms with Gasteiger partial charge in [0.1, 0.15) is 11.3 Å². The van der Waals surface area contributed by atoms with E-state index in [2.05, 4.69) is 21.2 Å². The maximum absolute atomic E-state index is 11.5. The number of halogens is 1. The predicted molar refractivity (Wildman–Crippen MR) is 70.4 cm³/mol. The number of benzene rings is 1. The molecule has 0 fully saturated rings. The fourth-order valence-corrected chi connectivity index (χ4v) is 1.95. The monoisotopic (exact) mass is 301 g/mol.